The van der Waals surface area contributed by atoms with E-state index < -0.39 is 0 Å². The number of halogens is 1. The number of hydrogen-bond donors (Lipinski definition) is 1. The van der Waals surface area contributed by atoms with Crippen molar-refractivity contribution in [2.45, 2.75) is 18.4 Å². The number of fused-ring (bicyclic) bond motifs is 3. The Hall–Kier alpha value is -2.33. The number of benzene rings is 2. The maximum atomic E-state index is 11.4. The summed E-state index contributed by atoms with van der Waals surface area (Å²) in [7, 11) is 0. The number of nitrogens with zero attached hydrogens (tertiary/aromatic N) is 1. The molecule has 116 valence electrons. The number of rotatable bonds is 2. The van der Waals surface area contributed by atoms with Gasteiger partial charge in [0, 0.05) is 12.0 Å². The fourth-order valence-corrected chi connectivity index (χ4v) is 4.02. The zero-order valence-electron chi connectivity index (χ0n) is 12.3. The maximum Gasteiger partial charge on any atom is 0.275 e. The van der Waals surface area contributed by atoms with Crippen LogP contribution >= 0.6 is 11.6 Å². The second-order valence-corrected chi connectivity index (χ2v) is 6.41. The molecule has 4 nitrogen and oxygen atoms in total. The first-order valence-corrected chi connectivity index (χ1v) is 7.99. The van der Waals surface area contributed by atoms with E-state index in [0.29, 0.717) is 16.3 Å². The molecule has 0 aromatic heterocycles. The number of allylic oxidation sites excluding steroid dienone is 2. The number of anilines is 1. The first kappa shape index (κ1) is 14.3. The minimum atomic E-state index is -0.317. The van der Waals surface area contributed by atoms with Gasteiger partial charge in [0.2, 0.25) is 0 Å². The lowest BCUT2D eigenvalue weighted by atomic mass is 9.76. The van der Waals surface area contributed by atoms with Crippen LogP contribution in [0.5, 0.6) is 0 Å². The molecular formula is C18H15ClN2O2. The molecule has 0 saturated carbocycles. The smallest absolute Gasteiger partial charge is 0.275 e. The van der Waals surface area contributed by atoms with Gasteiger partial charge >= 0.3 is 0 Å². The van der Waals surface area contributed by atoms with Gasteiger partial charge < -0.3 is 5.32 Å². The SMILES string of the molecule is O=[N+]([O-])c1ccc(Cl)c2c1[C@@H]1C=CC[C@@H]1[C@@H](c1ccccc1)N2. The lowest BCUT2D eigenvalue weighted by Gasteiger charge is -2.37. The molecule has 0 saturated heterocycles. The quantitative estimate of drug-likeness (QED) is 0.476. The lowest BCUT2D eigenvalue weighted by Crippen LogP contribution is -2.29. The summed E-state index contributed by atoms with van der Waals surface area (Å²) in [6.45, 7) is 0. The summed E-state index contributed by atoms with van der Waals surface area (Å²) in [5.74, 6) is 0.289. The molecule has 3 atom stereocenters. The van der Waals surface area contributed by atoms with Gasteiger partial charge in [-0.3, -0.25) is 10.1 Å². The molecule has 0 unspecified atom stereocenters. The Morgan fingerprint density at radius 3 is 2.70 bits per heavy atom. The molecule has 23 heavy (non-hydrogen) atoms. The number of nitro groups is 1. The van der Waals surface area contributed by atoms with Crippen molar-refractivity contribution in [1.29, 1.82) is 0 Å². The highest BCUT2D eigenvalue weighted by Crippen LogP contribution is 2.54. The fraction of sp³-hybridized carbons (Fsp3) is 0.222. The van der Waals surface area contributed by atoms with Crippen LogP contribution in [0, 0.1) is 16.0 Å². The van der Waals surface area contributed by atoms with Crippen LogP contribution in [-0.4, -0.2) is 4.92 Å². The number of nitrogens with one attached hydrogen (secondary N) is 1. The van der Waals surface area contributed by atoms with Crippen LogP contribution in [0.1, 0.15) is 29.5 Å². The summed E-state index contributed by atoms with van der Waals surface area (Å²) in [5.41, 5.74) is 2.74. The third kappa shape index (κ3) is 2.21. The van der Waals surface area contributed by atoms with Crippen molar-refractivity contribution in [2.75, 3.05) is 5.32 Å². The molecule has 1 aliphatic carbocycles. The molecule has 0 radical (unpaired) electrons. The first-order valence-electron chi connectivity index (χ1n) is 7.61. The summed E-state index contributed by atoms with van der Waals surface area (Å²) in [4.78, 5) is 11.1. The molecule has 1 aliphatic heterocycles. The maximum absolute atomic E-state index is 11.4. The number of hydrogen-bond acceptors (Lipinski definition) is 3. The second-order valence-electron chi connectivity index (χ2n) is 6.00. The zero-order chi connectivity index (χ0) is 16.0. The van der Waals surface area contributed by atoms with E-state index >= 15 is 0 Å². The Balaban J connectivity index is 1.89. The van der Waals surface area contributed by atoms with E-state index in [1.54, 1.807) is 6.07 Å². The molecule has 2 aliphatic rings. The molecule has 0 bridgehead atoms. The van der Waals surface area contributed by atoms with Crippen LogP contribution < -0.4 is 5.32 Å². The Labute approximate surface area is 138 Å². The van der Waals surface area contributed by atoms with E-state index in [1.807, 2.05) is 18.2 Å². The Kier molecular flexibility index (Phi) is 3.34. The van der Waals surface area contributed by atoms with Gasteiger partial charge in [-0.1, -0.05) is 54.1 Å². The summed E-state index contributed by atoms with van der Waals surface area (Å²) in [6.07, 6.45) is 5.11. The van der Waals surface area contributed by atoms with Gasteiger partial charge in [-0.05, 0) is 24.0 Å². The van der Waals surface area contributed by atoms with Gasteiger partial charge in [-0.2, -0.15) is 0 Å². The Morgan fingerprint density at radius 2 is 1.96 bits per heavy atom. The van der Waals surface area contributed by atoms with E-state index in [1.165, 1.54) is 11.6 Å². The van der Waals surface area contributed by atoms with Crippen molar-refractivity contribution in [1.82, 2.24) is 0 Å². The highest BCUT2D eigenvalue weighted by molar-refractivity contribution is 6.33. The standard InChI is InChI=1S/C18H15ClN2O2/c19-14-9-10-15(21(22)23)16-12-7-4-8-13(12)17(20-18(14)16)11-5-2-1-3-6-11/h1-7,9-10,12-13,17,20H,8H2/t12-,13+,17-/m1/s1. The monoisotopic (exact) mass is 326 g/mol. The number of nitro benzene ring substituents is 1. The van der Waals surface area contributed by atoms with Gasteiger partial charge in [0.15, 0.2) is 0 Å². The molecular weight excluding hydrogens is 312 g/mol. The van der Waals surface area contributed by atoms with Crippen LogP contribution in [0.3, 0.4) is 0 Å². The summed E-state index contributed by atoms with van der Waals surface area (Å²) < 4.78 is 0. The molecule has 5 heteroatoms. The second kappa shape index (κ2) is 5.39. The Bertz CT molecular complexity index is 804. The molecule has 1 heterocycles. The van der Waals surface area contributed by atoms with Crippen LogP contribution in [0.2, 0.25) is 5.02 Å². The molecule has 0 spiro atoms. The van der Waals surface area contributed by atoms with Crippen molar-refractivity contribution in [3.05, 3.63) is 80.9 Å². The van der Waals surface area contributed by atoms with E-state index in [0.717, 1.165) is 6.42 Å². The van der Waals surface area contributed by atoms with E-state index in [-0.39, 0.29) is 28.5 Å². The molecule has 2 aromatic rings. The van der Waals surface area contributed by atoms with Crippen molar-refractivity contribution >= 4 is 23.0 Å². The zero-order valence-corrected chi connectivity index (χ0v) is 13.0. The third-order valence-electron chi connectivity index (χ3n) is 4.80. The molecule has 2 aromatic carbocycles. The van der Waals surface area contributed by atoms with Crippen LogP contribution in [0.15, 0.2) is 54.6 Å². The molecule has 4 rings (SSSR count). The van der Waals surface area contributed by atoms with Crippen molar-refractivity contribution in [3.63, 3.8) is 0 Å². The average molecular weight is 327 g/mol. The topological polar surface area (TPSA) is 55.2 Å². The van der Waals surface area contributed by atoms with Gasteiger partial charge in [0.05, 0.1) is 27.2 Å². The Morgan fingerprint density at radius 1 is 1.17 bits per heavy atom. The van der Waals surface area contributed by atoms with Gasteiger partial charge in [0.1, 0.15) is 0 Å². The van der Waals surface area contributed by atoms with Crippen molar-refractivity contribution in [2.24, 2.45) is 5.92 Å². The van der Waals surface area contributed by atoms with Gasteiger partial charge in [-0.25, -0.2) is 0 Å². The highest BCUT2D eigenvalue weighted by atomic mass is 35.5. The summed E-state index contributed by atoms with van der Waals surface area (Å²) >= 11 is 6.35. The molecule has 1 N–H and O–H groups in total. The fourth-order valence-electron chi connectivity index (χ4n) is 3.80. The van der Waals surface area contributed by atoms with E-state index in [9.17, 15) is 10.1 Å². The summed E-state index contributed by atoms with van der Waals surface area (Å²) in [6, 6.07) is 13.4. The lowest BCUT2D eigenvalue weighted by molar-refractivity contribution is -0.385. The van der Waals surface area contributed by atoms with Crippen LogP contribution in [0.4, 0.5) is 11.4 Å². The van der Waals surface area contributed by atoms with Crippen LogP contribution in [0.25, 0.3) is 0 Å². The summed E-state index contributed by atoms with van der Waals surface area (Å²) in [5, 5.41) is 15.4. The molecule has 0 fully saturated rings. The minimum absolute atomic E-state index is 0.0237. The molecule has 0 amide bonds. The van der Waals surface area contributed by atoms with E-state index in [4.69, 9.17) is 11.6 Å². The predicted molar refractivity (Wildman–Crippen MR) is 90.9 cm³/mol. The third-order valence-corrected chi connectivity index (χ3v) is 5.12. The van der Waals surface area contributed by atoms with Crippen molar-refractivity contribution < 1.29 is 4.92 Å². The van der Waals surface area contributed by atoms with Crippen LogP contribution in [-0.2, 0) is 0 Å². The van der Waals surface area contributed by atoms with Gasteiger partial charge in [0.25, 0.3) is 5.69 Å². The predicted octanol–water partition coefficient (Wildman–Crippen LogP) is 5.07. The minimum Gasteiger partial charge on any atom is -0.376 e. The van der Waals surface area contributed by atoms with E-state index in [2.05, 4.69) is 29.6 Å². The van der Waals surface area contributed by atoms with Gasteiger partial charge in [-0.15, -0.1) is 0 Å². The highest BCUT2D eigenvalue weighted by Gasteiger charge is 2.42. The first-order chi connectivity index (χ1) is 11.2. The largest absolute Gasteiger partial charge is 0.376 e. The van der Waals surface area contributed by atoms with Crippen molar-refractivity contribution in [3.8, 4) is 0 Å². The average Bonchev–Trinajstić information content (AvgIpc) is 3.05. The normalized spacial score (nSPS) is 24.7.